The van der Waals surface area contributed by atoms with Crippen molar-refractivity contribution in [1.29, 1.82) is 0 Å². The molecule has 0 amide bonds. The summed E-state index contributed by atoms with van der Waals surface area (Å²) in [5.41, 5.74) is 0. The van der Waals surface area contributed by atoms with Crippen molar-refractivity contribution in [3.63, 3.8) is 0 Å². The van der Waals surface area contributed by atoms with Crippen molar-refractivity contribution in [2.45, 2.75) is 12.5 Å². The molecule has 0 aliphatic carbocycles. The maximum absolute atomic E-state index is 5.69. The predicted octanol–water partition coefficient (Wildman–Crippen LogP) is 2.98. The SMILES string of the molecule is CN=C(NCCCOc1ccccc1)NCC(c1cccs1)N(C)C. The van der Waals surface area contributed by atoms with Crippen molar-refractivity contribution in [1.82, 2.24) is 15.5 Å². The third-order valence-corrected chi connectivity index (χ3v) is 4.78. The topological polar surface area (TPSA) is 48.9 Å². The van der Waals surface area contributed by atoms with Crippen LogP contribution in [-0.4, -0.2) is 51.7 Å². The smallest absolute Gasteiger partial charge is 0.191 e. The number of aliphatic imine (C=N–C) groups is 1. The third-order valence-electron chi connectivity index (χ3n) is 3.81. The molecule has 2 aromatic rings. The Morgan fingerprint density at radius 1 is 1.16 bits per heavy atom. The monoisotopic (exact) mass is 360 g/mol. The fraction of sp³-hybridized carbons (Fsp3) is 0.421. The van der Waals surface area contributed by atoms with Gasteiger partial charge in [0.05, 0.1) is 12.6 Å². The van der Waals surface area contributed by atoms with E-state index < -0.39 is 0 Å². The highest BCUT2D eigenvalue weighted by molar-refractivity contribution is 7.10. The van der Waals surface area contributed by atoms with E-state index in [9.17, 15) is 0 Å². The van der Waals surface area contributed by atoms with Crippen LogP contribution in [-0.2, 0) is 0 Å². The molecule has 0 spiro atoms. The summed E-state index contributed by atoms with van der Waals surface area (Å²) >= 11 is 1.78. The molecule has 1 heterocycles. The van der Waals surface area contributed by atoms with Crippen molar-refractivity contribution in [2.24, 2.45) is 4.99 Å². The molecule has 25 heavy (non-hydrogen) atoms. The van der Waals surface area contributed by atoms with Gasteiger partial charge in [0.1, 0.15) is 5.75 Å². The minimum absolute atomic E-state index is 0.333. The number of thiophene rings is 1. The molecule has 5 nitrogen and oxygen atoms in total. The van der Waals surface area contributed by atoms with Crippen LogP contribution in [0.4, 0.5) is 0 Å². The van der Waals surface area contributed by atoms with Crippen LogP contribution in [0.15, 0.2) is 52.8 Å². The highest BCUT2D eigenvalue weighted by Crippen LogP contribution is 2.22. The van der Waals surface area contributed by atoms with Gasteiger partial charge in [0.15, 0.2) is 5.96 Å². The molecule has 0 saturated heterocycles. The standard InChI is InChI=1S/C19H28N4OS/c1-20-19(21-12-8-13-24-16-9-5-4-6-10-16)22-15-17(23(2)3)18-11-7-14-25-18/h4-7,9-11,14,17H,8,12-13,15H2,1-3H3,(H2,20,21,22). The Kier molecular flexibility index (Phi) is 8.28. The molecule has 0 aliphatic rings. The second-order valence-corrected chi connectivity index (χ2v) is 6.87. The summed E-state index contributed by atoms with van der Waals surface area (Å²) in [5, 5.41) is 8.87. The molecule has 1 aromatic carbocycles. The molecule has 0 saturated carbocycles. The van der Waals surface area contributed by atoms with E-state index in [1.54, 1.807) is 18.4 Å². The molecule has 0 bridgehead atoms. The molecule has 6 heteroatoms. The number of para-hydroxylation sites is 1. The number of benzene rings is 1. The minimum atomic E-state index is 0.333. The van der Waals surface area contributed by atoms with Crippen LogP contribution in [0.2, 0.25) is 0 Å². The van der Waals surface area contributed by atoms with Crippen molar-refractivity contribution in [2.75, 3.05) is 40.8 Å². The number of rotatable bonds is 9. The molecule has 1 atom stereocenters. The number of guanidine groups is 1. The Morgan fingerprint density at radius 3 is 2.60 bits per heavy atom. The summed E-state index contributed by atoms with van der Waals surface area (Å²) < 4.78 is 5.69. The Labute approximate surface area is 154 Å². The van der Waals surface area contributed by atoms with Crippen molar-refractivity contribution < 1.29 is 4.74 Å². The lowest BCUT2D eigenvalue weighted by Crippen LogP contribution is -2.42. The van der Waals surface area contributed by atoms with E-state index in [4.69, 9.17) is 4.74 Å². The first-order valence-electron chi connectivity index (χ1n) is 8.53. The number of hydrogen-bond donors (Lipinski definition) is 2. The van der Waals surface area contributed by atoms with Crippen LogP contribution < -0.4 is 15.4 Å². The zero-order valence-corrected chi connectivity index (χ0v) is 16.1. The highest BCUT2D eigenvalue weighted by atomic mass is 32.1. The number of nitrogens with zero attached hydrogens (tertiary/aromatic N) is 2. The van der Waals surface area contributed by atoms with Gasteiger partial charge in [0.2, 0.25) is 0 Å². The molecule has 1 unspecified atom stereocenters. The number of hydrogen-bond acceptors (Lipinski definition) is 4. The maximum atomic E-state index is 5.69. The number of nitrogens with one attached hydrogen (secondary N) is 2. The zero-order valence-electron chi connectivity index (χ0n) is 15.2. The summed E-state index contributed by atoms with van der Waals surface area (Å²) in [6.07, 6.45) is 0.914. The Morgan fingerprint density at radius 2 is 1.96 bits per heavy atom. The first kappa shape index (κ1) is 19.3. The third kappa shape index (κ3) is 6.76. The number of ether oxygens (including phenoxy) is 1. The van der Waals surface area contributed by atoms with Crippen LogP contribution in [0.3, 0.4) is 0 Å². The van der Waals surface area contributed by atoms with Gasteiger partial charge in [-0.05, 0) is 44.1 Å². The van der Waals surface area contributed by atoms with Crippen LogP contribution in [0.5, 0.6) is 5.75 Å². The molecular formula is C19H28N4OS. The summed E-state index contributed by atoms with van der Waals surface area (Å²) in [4.78, 5) is 7.87. The Hall–Kier alpha value is -2.05. The summed E-state index contributed by atoms with van der Waals surface area (Å²) in [5.74, 6) is 1.73. The molecule has 0 fully saturated rings. The molecule has 2 N–H and O–H groups in total. The fourth-order valence-corrected chi connectivity index (χ4v) is 3.34. The summed E-state index contributed by atoms with van der Waals surface area (Å²) in [7, 11) is 6.00. The lowest BCUT2D eigenvalue weighted by Gasteiger charge is -2.24. The molecule has 136 valence electrons. The molecule has 0 radical (unpaired) electrons. The van der Waals surface area contributed by atoms with Crippen LogP contribution in [0.25, 0.3) is 0 Å². The van der Waals surface area contributed by atoms with Gasteiger partial charge in [-0.3, -0.25) is 4.99 Å². The van der Waals surface area contributed by atoms with Gasteiger partial charge >= 0.3 is 0 Å². The van der Waals surface area contributed by atoms with E-state index >= 15 is 0 Å². The maximum Gasteiger partial charge on any atom is 0.191 e. The average molecular weight is 361 g/mol. The van der Waals surface area contributed by atoms with E-state index in [1.165, 1.54) is 4.88 Å². The van der Waals surface area contributed by atoms with Gasteiger partial charge in [0.25, 0.3) is 0 Å². The average Bonchev–Trinajstić information content (AvgIpc) is 3.14. The van der Waals surface area contributed by atoms with E-state index in [1.807, 2.05) is 30.3 Å². The van der Waals surface area contributed by atoms with Crippen LogP contribution in [0.1, 0.15) is 17.3 Å². The molecular weight excluding hydrogens is 332 g/mol. The largest absolute Gasteiger partial charge is 0.494 e. The predicted molar refractivity (Wildman–Crippen MR) is 107 cm³/mol. The zero-order chi connectivity index (χ0) is 17.9. The first-order chi connectivity index (χ1) is 12.2. The number of likely N-dealkylation sites (N-methyl/N-ethyl adjacent to an activating group) is 1. The minimum Gasteiger partial charge on any atom is -0.494 e. The van der Waals surface area contributed by atoms with Gasteiger partial charge < -0.3 is 20.3 Å². The van der Waals surface area contributed by atoms with E-state index in [0.29, 0.717) is 12.6 Å². The van der Waals surface area contributed by atoms with Crippen molar-refractivity contribution in [3.05, 3.63) is 52.7 Å². The second kappa shape index (κ2) is 10.7. The molecule has 1 aromatic heterocycles. The summed E-state index contributed by atoms with van der Waals surface area (Å²) in [6, 6.07) is 14.5. The summed E-state index contributed by atoms with van der Waals surface area (Å²) in [6.45, 7) is 2.31. The second-order valence-electron chi connectivity index (χ2n) is 5.89. The van der Waals surface area contributed by atoms with Gasteiger partial charge in [-0.2, -0.15) is 0 Å². The van der Waals surface area contributed by atoms with E-state index in [2.05, 4.69) is 52.1 Å². The van der Waals surface area contributed by atoms with Crippen LogP contribution >= 0.6 is 11.3 Å². The Balaban J connectivity index is 1.68. The highest BCUT2D eigenvalue weighted by Gasteiger charge is 2.15. The molecule has 2 rings (SSSR count). The van der Waals surface area contributed by atoms with Crippen molar-refractivity contribution in [3.8, 4) is 5.75 Å². The lowest BCUT2D eigenvalue weighted by atomic mass is 10.2. The first-order valence-corrected chi connectivity index (χ1v) is 9.41. The van der Waals surface area contributed by atoms with Crippen LogP contribution in [0, 0.1) is 0 Å². The normalized spacial score (nSPS) is 12.9. The van der Waals surface area contributed by atoms with E-state index in [0.717, 1.165) is 31.2 Å². The van der Waals surface area contributed by atoms with Gasteiger partial charge in [-0.1, -0.05) is 24.3 Å². The van der Waals surface area contributed by atoms with Gasteiger partial charge in [-0.25, -0.2) is 0 Å². The van der Waals surface area contributed by atoms with Crippen molar-refractivity contribution >= 4 is 17.3 Å². The van der Waals surface area contributed by atoms with Gasteiger partial charge in [-0.15, -0.1) is 11.3 Å². The lowest BCUT2D eigenvalue weighted by molar-refractivity contribution is 0.301. The van der Waals surface area contributed by atoms with Gasteiger partial charge in [0, 0.05) is 25.0 Å². The Bertz CT molecular complexity index is 614. The molecule has 0 aliphatic heterocycles. The fourth-order valence-electron chi connectivity index (χ4n) is 2.42. The quantitative estimate of drug-likeness (QED) is 0.410. The van der Waals surface area contributed by atoms with E-state index in [-0.39, 0.29) is 0 Å².